The zero-order chi connectivity index (χ0) is 14.2. The van der Waals surface area contributed by atoms with E-state index < -0.39 is 0 Å². The van der Waals surface area contributed by atoms with Gasteiger partial charge in [0.1, 0.15) is 12.0 Å². The number of Topliss-reactive ketones (excluding diaryl/α,β-unsaturated/α-hetero) is 1. The van der Waals surface area contributed by atoms with E-state index in [0.717, 1.165) is 0 Å². The average molecular weight is 279 g/mol. The number of H-pyrrole nitrogens is 2. The van der Waals surface area contributed by atoms with Crippen LogP contribution in [0.5, 0.6) is 0 Å². The molecule has 0 spiro atoms. The number of ketones is 1. The first-order valence-electron chi connectivity index (χ1n) is 5.55. The summed E-state index contributed by atoms with van der Waals surface area (Å²) in [4.78, 5) is 26.5. The van der Waals surface area contributed by atoms with Crippen molar-refractivity contribution < 1.29 is 9.59 Å². The highest BCUT2D eigenvalue weighted by atomic mass is 32.1. The molecule has 3 N–H and O–H groups in total. The minimum atomic E-state index is -0.384. The minimum Gasteiger partial charge on any atom is -0.354 e. The van der Waals surface area contributed by atoms with Gasteiger partial charge in [0.25, 0.3) is 5.91 Å². The molecule has 1 amide bonds. The molecular weight excluding hydrogens is 266 g/mol. The SMILES string of the molecule is CC(=O)c1c(C)[nH]c(C(=O)Nn2cn[nH]c2=S)c1C. The molecule has 7 nitrogen and oxygen atoms in total. The van der Waals surface area contributed by atoms with Gasteiger partial charge in [-0.25, -0.2) is 4.68 Å². The van der Waals surface area contributed by atoms with E-state index in [2.05, 4.69) is 20.6 Å². The third-order valence-corrected chi connectivity index (χ3v) is 3.08. The number of carbonyl (C=O) groups excluding carboxylic acids is 2. The zero-order valence-electron chi connectivity index (χ0n) is 10.7. The highest BCUT2D eigenvalue weighted by Crippen LogP contribution is 2.18. The second-order valence-electron chi connectivity index (χ2n) is 4.15. The van der Waals surface area contributed by atoms with E-state index in [0.29, 0.717) is 22.5 Å². The molecule has 8 heteroatoms. The summed E-state index contributed by atoms with van der Waals surface area (Å²) < 4.78 is 1.57. The topological polar surface area (TPSA) is 95.6 Å². The molecule has 0 atom stereocenters. The number of rotatable bonds is 3. The van der Waals surface area contributed by atoms with Crippen LogP contribution < -0.4 is 5.43 Å². The van der Waals surface area contributed by atoms with Crippen molar-refractivity contribution >= 4 is 23.9 Å². The standard InChI is InChI=1S/C11H13N5O2S/c1-5-8(7(3)17)6(2)13-9(5)10(18)15-16-4-12-14-11(16)19/h4,13H,1-3H3,(H,14,19)(H,15,18). The van der Waals surface area contributed by atoms with Gasteiger partial charge in [0.05, 0.1) is 0 Å². The Bertz CT molecular complexity index is 709. The van der Waals surface area contributed by atoms with Gasteiger partial charge in [-0.05, 0) is 38.6 Å². The minimum absolute atomic E-state index is 0.0785. The van der Waals surface area contributed by atoms with Gasteiger partial charge in [0.2, 0.25) is 4.77 Å². The Morgan fingerprint density at radius 2 is 2.11 bits per heavy atom. The van der Waals surface area contributed by atoms with Crippen LogP contribution in [-0.4, -0.2) is 31.5 Å². The predicted octanol–water partition coefficient (Wildman–Crippen LogP) is 1.47. The molecule has 2 heterocycles. The van der Waals surface area contributed by atoms with Crippen LogP contribution >= 0.6 is 12.2 Å². The van der Waals surface area contributed by atoms with E-state index in [9.17, 15) is 9.59 Å². The molecule has 0 bridgehead atoms. The van der Waals surface area contributed by atoms with Gasteiger partial charge in [-0.1, -0.05) is 0 Å². The van der Waals surface area contributed by atoms with Crippen molar-refractivity contribution in [2.24, 2.45) is 0 Å². The number of nitrogens with zero attached hydrogens (tertiary/aromatic N) is 2. The summed E-state index contributed by atoms with van der Waals surface area (Å²) >= 11 is 4.92. The van der Waals surface area contributed by atoms with Gasteiger partial charge in [-0.15, -0.1) is 0 Å². The maximum absolute atomic E-state index is 12.1. The van der Waals surface area contributed by atoms with Crippen LogP contribution in [0.25, 0.3) is 0 Å². The number of hydrogen-bond acceptors (Lipinski definition) is 4. The molecule has 0 aromatic carbocycles. The van der Waals surface area contributed by atoms with E-state index >= 15 is 0 Å². The predicted molar refractivity (Wildman–Crippen MR) is 71.4 cm³/mol. The Hall–Kier alpha value is -2.22. The third kappa shape index (κ3) is 2.34. The van der Waals surface area contributed by atoms with Gasteiger partial charge in [0, 0.05) is 11.3 Å². The number of hydrogen-bond donors (Lipinski definition) is 3. The fraction of sp³-hybridized carbons (Fsp3) is 0.273. The second-order valence-corrected chi connectivity index (χ2v) is 4.54. The number of aryl methyl sites for hydroxylation is 1. The number of carbonyl (C=O) groups is 2. The van der Waals surface area contributed by atoms with Crippen molar-refractivity contribution in [3.05, 3.63) is 33.6 Å². The lowest BCUT2D eigenvalue weighted by Gasteiger charge is -2.04. The number of aromatic nitrogens is 4. The van der Waals surface area contributed by atoms with Crippen molar-refractivity contribution in [3.8, 4) is 0 Å². The molecular formula is C11H13N5O2S. The Kier molecular flexibility index (Phi) is 3.34. The molecule has 0 unspecified atom stereocenters. The molecule has 0 saturated heterocycles. The number of aromatic amines is 2. The first-order valence-corrected chi connectivity index (χ1v) is 5.96. The summed E-state index contributed by atoms with van der Waals surface area (Å²) in [5.41, 5.74) is 4.74. The first-order chi connectivity index (χ1) is 8.91. The van der Waals surface area contributed by atoms with Crippen LogP contribution in [0.4, 0.5) is 0 Å². The quantitative estimate of drug-likeness (QED) is 0.585. The highest BCUT2D eigenvalue weighted by molar-refractivity contribution is 7.71. The fourth-order valence-corrected chi connectivity index (χ4v) is 2.14. The molecule has 0 radical (unpaired) electrons. The Morgan fingerprint density at radius 1 is 1.42 bits per heavy atom. The molecule has 0 aliphatic carbocycles. The average Bonchev–Trinajstić information content (AvgIpc) is 2.83. The summed E-state index contributed by atoms with van der Waals surface area (Å²) in [6.45, 7) is 4.95. The Balaban J connectivity index is 2.35. The molecule has 0 saturated carbocycles. The zero-order valence-corrected chi connectivity index (χ0v) is 11.5. The summed E-state index contributed by atoms with van der Waals surface area (Å²) in [7, 11) is 0. The fourth-order valence-electron chi connectivity index (χ4n) is 2.00. The van der Waals surface area contributed by atoms with Crippen molar-refractivity contribution in [2.75, 3.05) is 5.43 Å². The Morgan fingerprint density at radius 3 is 2.58 bits per heavy atom. The van der Waals surface area contributed by atoms with E-state index in [-0.39, 0.29) is 16.5 Å². The van der Waals surface area contributed by atoms with Crippen molar-refractivity contribution in [3.63, 3.8) is 0 Å². The van der Waals surface area contributed by atoms with E-state index in [1.165, 1.54) is 17.9 Å². The summed E-state index contributed by atoms with van der Waals surface area (Å²) in [6, 6.07) is 0. The third-order valence-electron chi connectivity index (χ3n) is 2.79. The maximum atomic E-state index is 12.1. The summed E-state index contributed by atoms with van der Waals surface area (Å²) in [5, 5.41) is 6.22. The van der Waals surface area contributed by atoms with Gasteiger partial charge in [-0.3, -0.25) is 20.1 Å². The van der Waals surface area contributed by atoms with Crippen LogP contribution in [-0.2, 0) is 0 Å². The Labute approximate surface area is 114 Å². The van der Waals surface area contributed by atoms with Gasteiger partial charge >= 0.3 is 0 Å². The lowest BCUT2D eigenvalue weighted by Crippen LogP contribution is -2.23. The lowest BCUT2D eigenvalue weighted by molar-refractivity contribution is 0.100. The van der Waals surface area contributed by atoms with Crippen molar-refractivity contribution in [2.45, 2.75) is 20.8 Å². The normalized spacial score (nSPS) is 10.5. The molecule has 19 heavy (non-hydrogen) atoms. The van der Waals surface area contributed by atoms with Crippen LogP contribution in [0.3, 0.4) is 0 Å². The summed E-state index contributed by atoms with van der Waals surface area (Å²) in [5.74, 6) is -0.462. The lowest BCUT2D eigenvalue weighted by atomic mass is 10.1. The monoisotopic (exact) mass is 279 g/mol. The van der Waals surface area contributed by atoms with E-state index in [1.807, 2.05) is 0 Å². The van der Waals surface area contributed by atoms with Crippen LogP contribution in [0, 0.1) is 18.6 Å². The van der Waals surface area contributed by atoms with Crippen LogP contribution in [0.2, 0.25) is 0 Å². The van der Waals surface area contributed by atoms with E-state index in [4.69, 9.17) is 12.2 Å². The molecule has 2 aromatic rings. The molecule has 0 fully saturated rings. The van der Waals surface area contributed by atoms with E-state index in [1.54, 1.807) is 13.8 Å². The van der Waals surface area contributed by atoms with Crippen LogP contribution in [0.1, 0.15) is 39.0 Å². The van der Waals surface area contributed by atoms with Crippen molar-refractivity contribution in [1.82, 2.24) is 19.9 Å². The van der Waals surface area contributed by atoms with Crippen LogP contribution in [0.15, 0.2) is 6.33 Å². The van der Waals surface area contributed by atoms with Gasteiger partial charge < -0.3 is 4.98 Å². The molecule has 0 aliphatic heterocycles. The molecule has 0 aliphatic rings. The van der Waals surface area contributed by atoms with Gasteiger partial charge in [0.15, 0.2) is 5.78 Å². The smallest absolute Gasteiger partial charge is 0.286 e. The molecule has 2 rings (SSSR count). The molecule has 100 valence electrons. The largest absolute Gasteiger partial charge is 0.354 e. The van der Waals surface area contributed by atoms with Crippen molar-refractivity contribution in [1.29, 1.82) is 0 Å². The van der Waals surface area contributed by atoms with Gasteiger partial charge in [-0.2, -0.15) is 5.10 Å². The highest BCUT2D eigenvalue weighted by Gasteiger charge is 2.19. The summed E-state index contributed by atoms with van der Waals surface area (Å²) in [6.07, 6.45) is 1.36. The number of nitrogens with one attached hydrogen (secondary N) is 3. The molecule has 2 aromatic heterocycles. The first kappa shape index (κ1) is 13.2. The second kappa shape index (κ2) is 4.81. The maximum Gasteiger partial charge on any atom is 0.286 e. The number of amides is 1.